The lowest BCUT2D eigenvalue weighted by Crippen LogP contribution is -2.36. The number of likely N-dealkylation sites (tertiary alicyclic amines) is 1. The number of hydrogen-bond donors (Lipinski definition) is 1. The van der Waals surface area contributed by atoms with Gasteiger partial charge in [-0.25, -0.2) is 0 Å². The highest BCUT2D eigenvalue weighted by molar-refractivity contribution is 5.75. The fourth-order valence-electron chi connectivity index (χ4n) is 1.90. The zero-order valence-corrected chi connectivity index (χ0v) is 8.48. The molecule has 1 aliphatic heterocycles. The smallest absolute Gasteiger partial charge is 0.320 e. The molecule has 1 rings (SSSR count). The molecule has 0 aromatic heterocycles. The lowest BCUT2D eigenvalue weighted by Gasteiger charge is -2.20. The highest BCUT2D eigenvalue weighted by atomic mass is 16.4. The van der Waals surface area contributed by atoms with E-state index in [1.54, 1.807) is 0 Å². The van der Waals surface area contributed by atoms with Crippen LogP contribution in [0.2, 0.25) is 0 Å². The van der Waals surface area contributed by atoms with Crippen LogP contribution in [0.5, 0.6) is 0 Å². The first kappa shape index (κ1) is 11.2. The third-order valence-electron chi connectivity index (χ3n) is 2.71. The number of carboxylic acids is 1. The molecule has 80 valence electrons. The van der Waals surface area contributed by atoms with Gasteiger partial charge < -0.3 is 9.90 Å². The molecule has 0 aliphatic carbocycles. The van der Waals surface area contributed by atoms with Crippen molar-refractivity contribution in [3.8, 4) is 0 Å². The molecule has 0 bridgehead atoms. The van der Waals surface area contributed by atoms with Crippen molar-refractivity contribution in [2.75, 3.05) is 13.1 Å². The van der Waals surface area contributed by atoms with E-state index in [-0.39, 0.29) is 5.92 Å². The normalized spacial score (nSPS) is 27.8. The molecule has 4 nitrogen and oxygen atoms in total. The van der Waals surface area contributed by atoms with E-state index in [1.807, 2.05) is 4.90 Å². The van der Waals surface area contributed by atoms with Crippen molar-refractivity contribution in [3.05, 3.63) is 0 Å². The Hall–Kier alpha value is -0.900. The summed E-state index contributed by atoms with van der Waals surface area (Å²) in [5.41, 5.74) is 0. The van der Waals surface area contributed by atoms with Gasteiger partial charge in [0.05, 0.1) is 0 Å². The molecule has 2 atom stereocenters. The van der Waals surface area contributed by atoms with Gasteiger partial charge in [-0.1, -0.05) is 13.3 Å². The molecule has 1 fully saturated rings. The predicted molar refractivity (Wildman–Crippen MR) is 52.1 cm³/mol. The Morgan fingerprint density at radius 1 is 1.64 bits per heavy atom. The van der Waals surface area contributed by atoms with Crippen LogP contribution in [0.4, 0.5) is 0 Å². The Kier molecular flexibility index (Phi) is 4.07. The molecule has 1 aliphatic rings. The molecule has 0 spiro atoms. The van der Waals surface area contributed by atoms with Crippen molar-refractivity contribution >= 4 is 12.3 Å². The second kappa shape index (κ2) is 5.10. The van der Waals surface area contributed by atoms with E-state index in [4.69, 9.17) is 5.11 Å². The van der Waals surface area contributed by atoms with Gasteiger partial charge >= 0.3 is 5.97 Å². The first-order chi connectivity index (χ1) is 6.69. The second-order valence-corrected chi connectivity index (χ2v) is 3.83. The van der Waals surface area contributed by atoms with Gasteiger partial charge in [-0.2, -0.15) is 0 Å². The monoisotopic (exact) mass is 199 g/mol. The zero-order valence-electron chi connectivity index (χ0n) is 8.48. The van der Waals surface area contributed by atoms with Gasteiger partial charge in [0.15, 0.2) is 0 Å². The van der Waals surface area contributed by atoms with Crippen LogP contribution in [0.15, 0.2) is 0 Å². The summed E-state index contributed by atoms with van der Waals surface area (Å²) in [4.78, 5) is 23.4. The van der Waals surface area contributed by atoms with Crippen molar-refractivity contribution in [3.63, 3.8) is 0 Å². The third kappa shape index (κ3) is 2.54. The summed E-state index contributed by atoms with van der Waals surface area (Å²) in [7, 11) is 0. The minimum atomic E-state index is -0.801. The van der Waals surface area contributed by atoms with Crippen molar-refractivity contribution in [2.24, 2.45) is 5.92 Å². The van der Waals surface area contributed by atoms with Crippen LogP contribution in [0.3, 0.4) is 0 Å². The Labute approximate surface area is 83.9 Å². The van der Waals surface area contributed by atoms with Crippen LogP contribution >= 0.6 is 0 Å². The predicted octanol–water partition coefficient (Wildman–Crippen LogP) is 0.760. The summed E-state index contributed by atoms with van der Waals surface area (Å²) >= 11 is 0. The third-order valence-corrected chi connectivity index (χ3v) is 2.71. The van der Waals surface area contributed by atoms with E-state index in [1.165, 1.54) is 0 Å². The number of carbonyl (C=O) groups is 2. The van der Waals surface area contributed by atoms with E-state index in [2.05, 4.69) is 6.92 Å². The molecule has 1 saturated heterocycles. The molecule has 2 unspecified atom stereocenters. The van der Waals surface area contributed by atoms with Crippen molar-refractivity contribution in [2.45, 2.75) is 32.2 Å². The average Bonchev–Trinajstić information content (AvgIpc) is 2.58. The summed E-state index contributed by atoms with van der Waals surface area (Å²) in [5, 5.41) is 8.94. The number of nitrogens with zero attached hydrogens (tertiary/aromatic N) is 1. The lowest BCUT2D eigenvalue weighted by molar-refractivity contribution is -0.142. The molecule has 14 heavy (non-hydrogen) atoms. The number of aldehydes is 1. The van der Waals surface area contributed by atoms with Gasteiger partial charge in [-0.15, -0.1) is 0 Å². The number of carboxylic acid groups (broad SMARTS) is 1. The van der Waals surface area contributed by atoms with E-state index in [0.29, 0.717) is 13.0 Å². The Balaban J connectivity index is 2.52. The Morgan fingerprint density at radius 2 is 2.36 bits per heavy atom. The molecule has 0 amide bonds. The first-order valence-electron chi connectivity index (χ1n) is 5.11. The van der Waals surface area contributed by atoms with Gasteiger partial charge in [-0.05, 0) is 19.4 Å². The Bertz CT molecular complexity index is 217. The molecule has 1 heterocycles. The van der Waals surface area contributed by atoms with E-state index < -0.39 is 12.0 Å². The molecule has 1 N–H and O–H groups in total. The zero-order chi connectivity index (χ0) is 10.6. The van der Waals surface area contributed by atoms with Crippen molar-refractivity contribution < 1.29 is 14.7 Å². The van der Waals surface area contributed by atoms with E-state index >= 15 is 0 Å². The quantitative estimate of drug-likeness (QED) is 0.664. The maximum atomic E-state index is 10.9. The Morgan fingerprint density at radius 3 is 2.86 bits per heavy atom. The molecular weight excluding hydrogens is 182 g/mol. The maximum Gasteiger partial charge on any atom is 0.320 e. The summed E-state index contributed by atoms with van der Waals surface area (Å²) in [6, 6.07) is -0.447. The van der Waals surface area contributed by atoms with E-state index in [0.717, 1.165) is 25.7 Å². The molecule has 0 aromatic rings. The van der Waals surface area contributed by atoms with Gasteiger partial charge in [0.2, 0.25) is 0 Å². The molecule has 0 aromatic carbocycles. The fraction of sp³-hybridized carbons (Fsp3) is 0.800. The topological polar surface area (TPSA) is 57.6 Å². The highest BCUT2D eigenvalue weighted by Crippen LogP contribution is 2.22. The van der Waals surface area contributed by atoms with Crippen molar-refractivity contribution in [1.29, 1.82) is 0 Å². The van der Waals surface area contributed by atoms with Crippen LogP contribution < -0.4 is 0 Å². The molecule has 0 radical (unpaired) electrons. The summed E-state index contributed by atoms with van der Waals surface area (Å²) in [6.07, 6.45) is 3.40. The summed E-state index contributed by atoms with van der Waals surface area (Å²) in [5.74, 6) is -0.890. The van der Waals surface area contributed by atoms with Gasteiger partial charge in [0, 0.05) is 12.5 Å². The summed E-state index contributed by atoms with van der Waals surface area (Å²) < 4.78 is 0. The van der Waals surface area contributed by atoms with Crippen LogP contribution in [0, 0.1) is 5.92 Å². The minimum absolute atomic E-state index is 0.0899. The van der Waals surface area contributed by atoms with Gasteiger partial charge in [0.1, 0.15) is 12.3 Å². The number of unbranched alkanes of at least 4 members (excludes halogenated alkanes) is 1. The van der Waals surface area contributed by atoms with Crippen LogP contribution in [0.25, 0.3) is 0 Å². The number of hydrogen-bond acceptors (Lipinski definition) is 3. The van der Waals surface area contributed by atoms with Crippen LogP contribution in [0.1, 0.15) is 26.2 Å². The SMILES string of the molecule is CCCCN1CC(C=O)CC1C(=O)O. The largest absolute Gasteiger partial charge is 0.480 e. The molecular formula is C10H17NO3. The number of rotatable bonds is 5. The standard InChI is InChI=1S/C10H17NO3/c1-2-3-4-11-6-8(7-12)5-9(11)10(13)14/h7-9H,2-6H2,1H3,(H,13,14). The number of carbonyl (C=O) groups excluding carboxylic acids is 1. The van der Waals surface area contributed by atoms with Crippen LogP contribution in [-0.2, 0) is 9.59 Å². The van der Waals surface area contributed by atoms with E-state index in [9.17, 15) is 9.59 Å². The first-order valence-corrected chi connectivity index (χ1v) is 5.11. The van der Waals surface area contributed by atoms with Crippen LogP contribution in [-0.4, -0.2) is 41.4 Å². The second-order valence-electron chi connectivity index (χ2n) is 3.83. The minimum Gasteiger partial charge on any atom is -0.480 e. The summed E-state index contributed by atoms with van der Waals surface area (Å²) in [6.45, 7) is 3.47. The highest BCUT2D eigenvalue weighted by Gasteiger charge is 2.35. The lowest BCUT2D eigenvalue weighted by atomic mass is 10.1. The average molecular weight is 199 g/mol. The molecule has 0 saturated carbocycles. The molecule has 4 heteroatoms. The van der Waals surface area contributed by atoms with Gasteiger partial charge in [0.25, 0.3) is 0 Å². The van der Waals surface area contributed by atoms with Crippen molar-refractivity contribution in [1.82, 2.24) is 4.90 Å². The maximum absolute atomic E-state index is 10.9. The van der Waals surface area contributed by atoms with Gasteiger partial charge in [-0.3, -0.25) is 9.69 Å². The fourth-order valence-corrected chi connectivity index (χ4v) is 1.90. The number of aliphatic carboxylic acids is 1.